The van der Waals surface area contributed by atoms with E-state index < -0.39 is 11.1 Å². The molecule has 1 aromatic heterocycles. The summed E-state index contributed by atoms with van der Waals surface area (Å²) in [6, 6.07) is 8.13. The molecule has 4 heterocycles. The van der Waals surface area contributed by atoms with E-state index in [4.69, 9.17) is 36.5 Å². The van der Waals surface area contributed by atoms with Crippen LogP contribution in [-0.2, 0) is 15.0 Å². The molecule has 1 spiro atoms. The summed E-state index contributed by atoms with van der Waals surface area (Å²) >= 11 is 6.12. The highest BCUT2D eigenvalue weighted by atomic mass is 35.5. The summed E-state index contributed by atoms with van der Waals surface area (Å²) in [5, 5.41) is 0.589. The van der Waals surface area contributed by atoms with Crippen LogP contribution in [0.3, 0.4) is 0 Å². The standard InChI is InChI=1S/C20H20ClN3O3/c1-19-5-2-6-25-17(19)20(11-26-18(22)24-20)15-8-12(3-4-16(15)27-19)13-7-14(21)10-23-9-13/h3-4,7-10,17H,2,5-6,11H2,1H3,(H2,22,24)/t17-,19?,20-/m0/s1. The van der Waals surface area contributed by atoms with E-state index in [-0.39, 0.29) is 12.1 Å². The van der Waals surface area contributed by atoms with E-state index in [1.54, 1.807) is 12.4 Å². The van der Waals surface area contributed by atoms with Crippen LogP contribution in [0.2, 0.25) is 5.02 Å². The average Bonchev–Trinajstić information content (AvgIpc) is 3.04. The van der Waals surface area contributed by atoms with Crippen LogP contribution in [-0.4, -0.2) is 35.9 Å². The Morgan fingerprint density at radius 1 is 1.22 bits per heavy atom. The van der Waals surface area contributed by atoms with Crippen LogP contribution in [0.5, 0.6) is 5.75 Å². The third-order valence-corrected chi connectivity index (χ3v) is 5.87. The zero-order valence-corrected chi connectivity index (χ0v) is 15.7. The summed E-state index contributed by atoms with van der Waals surface area (Å²) in [5.41, 5.74) is 7.58. The van der Waals surface area contributed by atoms with Gasteiger partial charge in [0.2, 0.25) is 0 Å². The van der Waals surface area contributed by atoms with Crippen molar-refractivity contribution in [3.8, 4) is 16.9 Å². The first-order valence-corrected chi connectivity index (χ1v) is 9.42. The van der Waals surface area contributed by atoms with Gasteiger partial charge in [0.25, 0.3) is 6.02 Å². The van der Waals surface area contributed by atoms with E-state index in [1.165, 1.54) is 0 Å². The number of hydrogen-bond acceptors (Lipinski definition) is 6. The molecule has 0 amide bonds. The lowest BCUT2D eigenvalue weighted by Gasteiger charge is -2.51. The van der Waals surface area contributed by atoms with E-state index >= 15 is 0 Å². The Morgan fingerprint density at radius 3 is 2.89 bits per heavy atom. The van der Waals surface area contributed by atoms with E-state index in [0.717, 1.165) is 35.3 Å². The van der Waals surface area contributed by atoms with E-state index in [0.29, 0.717) is 18.2 Å². The number of hydrogen-bond donors (Lipinski definition) is 1. The number of nitrogens with two attached hydrogens (primary N) is 1. The molecule has 0 aliphatic carbocycles. The molecule has 3 aliphatic heterocycles. The number of benzene rings is 1. The van der Waals surface area contributed by atoms with Crippen molar-refractivity contribution in [2.75, 3.05) is 13.2 Å². The van der Waals surface area contributed by atoms with Crippen molar-refractivity contribution < 1.29 is 14.2 Å². The lowest BCUT2D eigenvalue weighted by Crippen LogP contribution is -2.62. The molecular weight excluding hydrogens is 366 g/mol. The average molecular weight is 386 g/mol. The Hall–Kier alpha value is -2.31. The van der Waals surface area contributed by atoms with Crippen LogP contribution in [0, 0.1) is 0 Å². The van der Waals surface area contributed by atoms with Gasteiger partial charge in [-0.05, 0) is 43.5 Å². The van der Waals surface area contributed by atoms with Gasteiger partial charge < -0.3 is 19.9 Å². The minimum atomic E-state index is -0.713. The largest absolute Gasteiger partial charge is 0.484 e. The fourth-order valence-corrected chi connectivity index (χ4v) is 4.67. The first kappa shape index (κ1) is 16.8. The van der Waals surface area contributed by atoms with Crippen molar-refractivity contribution in [3.63, 3.8) is 0 Å². The Morgan fingerprint density at radius 2 is 2.11 bits per heavy atom. The number of nitrogens with zero attached hydrogens (tertiary/aromatic N) is 2. The number of halogens is 1. The zero-order valence-electron chi connectivity index (χ0n) is 14.9. The molecule has 140 valence electrons. The summed E-state index contributed by atoms with van der Waals surface area (Å²) in [6.07, 6.45) is 4.98. The SMILES string of the molecule is CC12CCCO[C@@H]1[C@]1(COC(N)=N1)c1cc(-c3cncc(Cl)c3)ccc1O2. The summed E-state index contributed by atoms with van der Waals surface area (Å²) in [6.45, 7) is 3.10. The molecule has 2 N–H and O–H groups in total. The molecule has 1 saturated heterocycles. The highest BCUT2D eigenvalue weighted by Gasteiger charge is 2.60. The van der Waals surface area contributed by atoms with Gasteiger partial charge in [-0.15, -0.1) is 0 Å². The molecule has 5 rings (SSSR count). The Balaban J connectivity index is 1.70. The number of ether oxygens (including phenoxy) is 3. The zero-order chi connectivity index (χ0) is 18.6. The van der Waals surface area contributed by atoms with E-state index in [2.05, 4.69) is 18.0 Å². The summed E-state index contributed by atoms with van der Waals surface area (Å²) < 4.78 is 18.2. The molecule has 1 unspecified atom stereocenters. The third-order valence-electron chi connectivity index (χ3n) is 5.67. The summed E-state index contributed by atoms with van der Waals surface area (Å²) in [5.74, 6) is 0.792. The molecule has 3 atom stereocenters. The predicted octanol–water partition coefficient (Wildman–Crippen LogP) is 3.27. The molecular formula is C20H20ClN3O3. The fourth-order valence-electron chi connectivity index (χ4n) is 4.50. The van der Waals surface area contributed by atoms with Gasteiger partial charge in [-0.2, -0.15) is 0 Å². The lowest BCUT2D eigenvalue weighted by atomic mass is 9.72. The molecule has 1 aromatic carbocycles. The van der Waals surface area contributed by atoms with E-state index in [9.17, 15) is 0 Å². The number of pyridine rings is 1. The Bertz CT molecular complexity index is 950. The fraction of sp³-hybridized carbons (Fsp3) is 0.400. The molecule has 1 fully saturated rings. The van der Waals surface area contributed by atoms with Gasteiger partial charge in [-0.3, -0.25) is 4.98 Å². The van der Waals surface area contributed by atoms with Crippen LogP contribution in [0.25, 0.3) is 11.1 Å². The van der Waals surface area contributed by atoms with Gasteiger partial charge >= 0.3 is 0 Å². The molecule has 2 aromatic rings. The van der Waals surface area contributed by atoms with Crippen LogP contribution >= 0.6 is 11.6 Å². The maximum absolute atomic E-state index is 6.43. The van der Waals surface area contributed by atoms with Crippen molar-refractivity contribution >= 4 is 17.6 Å². The van der Waals surface area contributed by atoms with Gasteiger partial charge in [-0.1, -0.05) is 17.7 Å². The number of amidine groups is 1. The predicted molar refractivity (Wildman–Crippen MR) is 102 cm³/mol. The lowest BCUT2D eigenvalue weighted by molar-refractivity contribution is -0.167. The number of fused-ring (bicyclic) bond motifs is 4. The monoisotopic (exact) mass is 385 g/mol. The topological polar surface area (TPSA) is 79.0 Å². The van der Waals surface area contributed by atoms with Crippen LogP contribution in [0.15, 0.2) is 41.7 Å². The van der Waals surface area contributed by atoms with Gasteiger partial charge in [0.1, 0.15) is 24.1 Å². The van der Waals surface area contributed by atoms with Crippen LogP contribution in [0.4, 0.5) is 0 Å². The van der Waals surface area contributed by atoms with Gasteiger partial charge in [0.15, 0.2) is 5.54 Å². The molecule has 7 heteroatoms. The molecule has 6 nitrogen and oxygen atoms in total. The number of rotatable bonds is 1. The quantitative estimate of drug-likeness (QED) is 0.815. The number of aliphatic imine (C=N–C) groups is 1. The van der Waals surface area contributed by atoms with Gasteiger partial charge in [0.05, 0.1) is 5.02 Å². The Labute approximate surface area is 162 Å². The van der Waals surface area contributed by atoms with Crippen molar-refractivity contribution in [2.45, 2.75) is 37.0 Å². The highest BCUT2D eigenvalue weighted by molar-refractivity contribution is 6.30. The van der Waals surface area contributed by atoms with E-state index in [1.807, 2.05) is 18.2 Å². The summed E-state index contributed by atoms with van der Waals surface area (Å²) in [4.78, 5) is 8.92. The second kappa shape index (κ2) is 5.84. The van der Waals surface area contributed by atoms with Crippen LogP contribution in [0.1, 0.15) is 25.3 Å². The second-order valence-corrected chi connectivity index (χ2v) is 7.97. The maximum Gasteiger partial charge on any atom is 0.283 e. The van der Waals surface area contributed by atoms with Crippen molar-refractivity contribution in [1.29, 1.82) is 0 Å². The second-order valence-electron chi connectivity index (χ2n) is 7.53. The van der Waals surface area contributed by atoms with Crippen molar-refractivity contribution in [1.82, 2.24) is 4.98 Å². The van der Waals surface area contributed by atoms with Crippen LogP contribution < -0.4 is 10.5 Å². The number of aromatic nitrogens is 1. The summed E-state index contributed by atoms with van der Waals surface area (Å²) in [7, 11) is 0. The molecule has 27 heavy (non-hydrogen) atoms. The van der Waals surface area contributed by atoms with Crippen molar-refractivity contribution in [3.05, 3.63) is 47.2 Å². The first-order chi connectivity index (χ1) is 13.0. The normalized spacial score (nSPS) is 31.5. The molecule has 0 bridgehead atoms. The van der Waals surface area contributed by atoms with Gasteiger partial charge in [-0.25, -0.2) is 4.99 Å². The molecule has 0 radical (unpaired) electrons. The van der Waals surface area contributed by atoms with Gasteiger partial charge in [0, 0.05) is 30.1 Å². The minimum absolute atomic E-state index is 0.189. The highest BCUT2D eigenvalue weighted by Crippen LogP contribution is 2.52. The smallest absolute Gasteiger partial charge is 0.283 e. The van der Waals surface area contributed by atoms with Crippen molar-refractivity contribution in [2.24, 2.45) is 10.7 Å². The molecule has 0 saturated carbocycles. The molecule has 3 aliphatic rings. The minimum Gasteiger partial charge on any atom is -0.484 e. The maximum atomic E-state index is 6.43. The third kappa shape index (κ3) is 2.51. The first-order valence-electron chi connectivity index (χ1n) is 9.04. The Kier molecular flexibility index (Phi) is 3.64.